The maximum atomic E-state index is 5.61. The monoisotopic (exact) mass is 219 g/mol. The Kier molecular flexibility index (Phi) is 3.34. The average molecular weight is 219 g/mol. The molecule has 1 aliphatic heterocycles. The van der Waals surface area contributed by atoms with Crippen molar-refractivity contribution in [3.8, 4) is 11.5 Å². The lowest BCUT2D eigenvalue weighted by atomic mass is 10.2. The normalized spacial score (nSPS) is 16.1. The van der Waals surface area contributed by atoms with Crippen molar-refractivity contribution >= 4 is 5.69 Å². The van der Waals surface area contributed by atoms with E-state index in [0.717, 1.165) is 30.2 Å². The van der Waals surface area contributed by atoms with E-state index >= 15 is 0 Å². The van der Waals surface area contributed by atoms with Crippen LogP contribution in [-0.4, -0.2) is 19.3 Å². The fourth-order valence-corrected chi connectivity index (χ4v) is 1.57. The van der Waals surface area contributed by atoms with E-state index in [4.69, 9.17) is 9.47 Å². The molecule has 0 amide bonds. The van der Waals surface area contributed by atoms with Crippen LogP contribution in [0.1, 0.15) is 13.3 Å². The molecule has 0 radical (unpaired) electrons. The third kappa shape index (κ3) is 2.48. The predicted molar refractivity (Wildman–Crippen MR) is 65.3 cm³/mol. The van der Waals surface area contributed by atoms with Crippen LogP contribution in [0.15, 0.2) is 30.9 Å². The van der Waals surface area contributed by atoms with Gasteiger partial charge in [-0.05, 0) is 19.1 Å². The summed E-state index contributed by atoms with van der Waals surface area (Å²) in [6.07, 6.45) is 2.80. The van der Waals surface area contributed by atoms with Gasteiger partial charge in [0.25, 0.3) is 0 Å². The second-order valence-electron chi connectivity index (χ2n) is 3.88. The Balaban J connectivity index is 2.17. The highest BCUT2D eigenvalue weighted by molar-refractivity contribution is 5.55. The van der Waals surface area contributed by atoms with Gasteiger partial charge in [-0.2, -0.15) is 0 Å². The van der Waals surface area contributed by atoms with E-state index in [9.17, 15) is 0 Å². The fourth-order valence-electron chi connectivity index (χ4n) is 1.57. The van der Waals surface area contributed by atoms with Crippen molar-refractivity contribution < 1.29 is 9.47 Å². The van der Waals surface area contributed by atoms with Gasteiger partial charge in [-0.1, -0.05) is 6.08 Å². The fraction of sp³-hybridized carbons (Fsp3) is 0.385. The van der Waals surface area contributed by atoms with Gasteiger partial charge in [-0.15, -0.1) is 6.58 Å². The third-order valence-electron chi connectivity index (χ3n) is 2.50. The number of rotatable bonds is 3. The van der Waals surface area contributed by atoms with Crippen LogP contribution in [0.3, 0.4) is 0 Å². The molecule has 3 heteroatoms. The molecule has 16 heavy (non-hydrogen) atoms. The summed E-state index contributed by atoms with van der Waals surface area (Å²) in [5, 5.41) is 3.31. The number of fused-ring (bicyclic) bond motifs is 1. The van der Waals surface area contributed by atoms with Crippen LogP contribution in [-0.2, 0) is 0 Å². The molecule has 1 N–H and O–H groups in total. The van der Waals surface area contributed by atoms with E-state index in [1.54, 1.807) is 0 Å². The molecule has 0 bridgehead atoms. The van der Waals surface area contributed by atoms with Crippen molar-refractivity contribution in [2.45, 2.75) is 19.4 Å². The number of hydrogen-bond donors (Lipinski definition) is 1. The van der Waals surface area contributed by atoms with Crippen LogP contribution in [0.25, 0.3) is 0 Å². The summed E-state index contributed by atoms with van der Waals surface area (Å²) < 4.78 is 11.2. The van der Waals surface area contributed by atoms with Gasteiger partial charge in [-0.3, -0.25) is 0 Å². The Bertz CT molecular complexity index is 376. The molecule has 86 valence electrons. The van der Waals surface area contributed by atoms with Crippen LogP contribution < -0.4 is 14.8 Å². The Morgan fingerprint density at radius 1 is 1.31 bits per heavy atom. The summed E-state index contributed by atoms with van der Waals surface area (Å²) >= 11 is 0. The molecule has 1 aliphatic rings. The largest absolute Gasteiger partial charge is 0.490 e. The first kappa shape index (κ1) is 10.9. The highest BCUT2D eigenvalue weighted by Crippen LogP contribution is 2.32. The van der Waals surface area contributed by atoms with Crippen LogP contribution in [0.4, 0.5) is 5.69 Å². The van der Waals surface area contributed by atoms with E-state index < -0.39 is 0 Å². The molecule has 1 heterocycles. The Morgan fingerprint density at radius 3 is 2.81 bits per heavy atom. The minimum absolute atomic E-state index is 0.241. The van der Waals surface area contributed by atoms with Gasteiger partial charge < -0.3 is 14.8 Å². The summed E-state index contributed by atoms with van der Waals surface area (Å²) in [5.74, 6) is 1.65. The van der Waals surface area contributed by atoms with Crippen molar-refractivity contribution in [3.63, 3.8) is 0 Å². The molecular weight excluding hydrogens is 202 g/mol. The maximum Gasteiger partial charge on any atom is 0.163 e. The number of hydrogen-bond acceptors (Lipinski definition) is 3. The molecule has 1 atom stereocenters. The number of nitrogens with one attached hydrogen (secondary N) is 1. The van der Waals surface area contributed by atoms with Gasteiger partial charge in [0.15, 0.2) is 11.5 Å². The van der Waals surface area contributed by atoms with Crippen LogP contribution >= 0.6 is 0 Å². The maximum absolute atomic E-state index is 5.61. The minimum atomic E-state index is 0.241. The number of anilines is 1. The quantitative estimate of drug-likeness (QED) is 0.793. The SMILES string of the molecule is C=CC(C)Nc1ccc2c(c1)OCCCO2. The van der Waals surface area contributed by atoms with Gasteiger partial charge in [0, 0.05) is 24.2 Å². The third-order valence-corrected chi connectivity index (χ3v) is 2.50. The highest BCUT2D eigenvalue weighted by atomic mass is 16.5. The molecule has 0 saturated carbocycles. The minimum Gasteiger partial charge on any atom is -0.490 e. The second-order valence-corrected chi connectivity index (χ2v) is 3.88. The average Bonchev–Trinajstić information content (AvgIpc) is 2.53. The second kappa shape index (κ2) is 4.92. The number of ether oxygens (including phenoxy) is 2. The molecule has 0 aromatic heterocycles. The molecule has 1 aromatic carbocycles. The van der Waals surface area contributed by atoms with Crippen LogP contribution in [0.2, 0.25) is 0 Å². The van der Waals surface area contributed by atoms with Crippen molar-refractivity contribution in [2.24, 2.45) is 0 Å². The molecule has 0 fully saturated rings. The first-order valence-electron chi connectivity index (χ1n) is 5.58. The smallest absolute Gasteiger partial charge is 0.163 e. The van der Waals surface area contributed by atoms with Gasteiger partial charge in [0.1, 0.15) is 0 Å². The lowest BCUT2D eigenvalue weighted by molar-refractivity contribution is 0.297. The summed E-state index contributed by atoms with van der Waals surface area (Å²) in [6, 6.07) is 6.15. The van der Waals surface area contributed by atoms with Crippen molar-refractivity contribution in [3.05, 3.63) is 30.9 Å². The Labute approximate surface area is 96.1 Å². The molecule has 2 rings (SSSR count). The van der Waals surface area contributed by atoms with Crippen molar-refractivity contribution in [1.82, 2.24) is 0 Å². The van der Waals surface area contributed by atoms with E-state index in [0.29, 0.717) is 6.61 Å². The summed E-state index contributed by atoms with van der Waals surface area (Å²) in [5.41, 5.74) is 1.02. The van der Waals surface area contributed by atoms with Gasteiger partial charge in [-0.25, -0.2) is 0 Å². The van der Waals surface area contributed by atoms with Gasteiger partial charge >= 0.3 is 0 Å². The molecule has 0 spiro atoms. The lowest BCUT2D eigenvalue weighted by Crippen LogP contribution is -2.11. The van der Waals surface area contributed by atoms with E-state index in [1.807, 2.05) is 24.3 Å². The molecular formula is C13H17NO2. The van der Waals surface area contributed by atoms with E-state index in [-0.39, 0.29) is 6.04 Å². The topological polar surface area (TPSA) is 30.5 Å². The van der Waals surface area contributed by atoms with Gasteiger partial charge in [0.05, 0.1) is 13.2 Å². The van der Waals surface area contributed by atoms with E-state index in [1.165, 1.54) is 0 Å². The molecule has 3 nitrogen and oxygen atoms in total. The highest BCUT2D eigenvalue weighted by Gasteiger charge is 2.10. The van der Waals surface area contributed by atoms with Gasteiger partial charge in [0.2, 0.25) is 0 Å². The van der Waals surface area contributed by atoms with Crippen molar-refractivity contribution in [2.75, 3.05) is 18.5 Å². The zero-order chi connectivity index (χ0) is 11.4. The standard InChI is InChI=1S/C13H17NO2/c1-3-10(2)14-11-5-6-12-13(9-11)16-8-4-7-15-12/h3,5-6,9-10,14H,1,4,7-8H2,2H3. The Hall–Kier alpha value is -1.64. The zero-order valence-electron chi connectivity index (χ0n) is 9.53. The first-order valence-corrected chi connectivity index (χ1v) is 5.58. The van der Waals surface area contributed by atoms with E-state index in [2.05, 4.69) is 18.8 Å². The summed E-state index contributed by atoms with van der Waals surface area (Å²) in [7, 11) is 0. The van der Waals surface area contributed by atoms with Crippen LogP contribution in [0, 0.1) is 0 Å². The summed E-state index contributed by atoms with van der Waals surface area (Å²) in [6.45, 7) is 7.23. The Morgan fingerprint density at radius 2 is 2.06 bits per heavy atom. The molecule has 1 aromatic rings. The predicted octanol–water partition coefficient (Wildman–Crippen LogP) is 2.83. The molecule has 0 aliphatic carbocycles. The van der Waals surface area contributed by atoms with Crippen LogP contribution in [0.5, 0.6) is 11.5 Å². The lowest BCUT2D eigenvalue weighted by Gasteiger charge is -2.13. The number of benzene rings is 1. The zero-order valence-corrected chi connectivity index (χ0v) is 9.53. The molecule has 1 unspecified atom stereocenters. The molecule has 0 saturated heterocycles. The summed E-state index contributed by atoms with van der Waals surface area (Å²) in [4.78, 5) is 0. The first-order chi connectivity index (χ1) is 7.79. The van der Waals surface area contributed by atoms with Crippen molar-refractivity contribution in [1.29, 1.82) is 0 Å².